The summed E-state index contributed by atoms with van der Waals surface area (Å²) in [5, 5.41) is 10.6. The van der Waals surface area contributed by atoms with E-state index >= 15 is 0 Å². The molecule has 4 unspecified atom stereocenters. The summed E-state index contributed by atoms with van der Waals surface area (Å²) >= 11 is 0. The fourth-order valence-corrected chi connectivity index (χ4v) is 13.5. The first-order valence-corrected chi connectivity index (χ1v) is 43.6. The first-order valence-electron chi connectivity index (χ1n) is 40.6. The summed E-state index contributed by atoms with van der Waals surface area (Å²) in [7, 11) is -9.91. The van der Waals surface area contributed by atoms with Gasteiger partial charge in [0, 0.05) is 25.7 Å². The van der Waals surface area contributed by atoms with Crippen LogP contribution in [0.3, 0.4) is 0 Å². The molecule has 0 bridgehead atoms. The lowest BCUT2D eigenvalue weighted by Crippen LogP contribution is -2.30. The van der Waals surface area contributed by atoms with Gasteiger partial charge < -0.3 is 33.8 Å². The molecular weight excluding hydrogens is 1270 g/mol. The maximum Gasteiger partial charge on any atom is 0.472 e. The molecule has 19 heteroatoms. The van der Waals surface area contributed by atoms with E-state index in [1.54, 1.807) is 0 Å². The van der Waals surface area contributed by atoms with Crippen molar-refractivity contribution in [2.75, 3.05) is 39.6 Å². The van der Waals surface area contributed by atoms with Crippen molar-refractivity contribution in [1.82, 2.24) is 0 Å². The van der Waals surface area contributed by atoms with Crippen molar-refractivity contribution in [3.05, 3.63) is 0 Å². The number of aliphatic hydroxyl groups is 1. The minimum Gasteiger partial charge on any atom is -0.462 e. The Morgan fingerprint density at radius 1 is 0.289 bits per heavy atom. The van der Waals surface area contributed by atoms with Crippen LogP contribution in [-0.2, 0) is 65.4 Å². The highest BCUT2D eigenvalue weighted by atomic mass is 31.2. The SMILES string of the molecule is CCCCCCCCCCCCCCCCCCCCCCC(=O)O[C@H](COC(=O)CCCCCCCCCCCCCCCCC(C)CC)COP(=O)(O)OC[C@@H](O)COP(=O)(O)OC[C@@H](COC(=O)CCCCCCCCC)OC(=O)CCCCCCCCCCC(C)CC. The molecule has 0 aromatic heterocycles. The molecule has 0 aromatic carbocycles. The predicted octanol–water partition coefficient (Wildman–Crippen LogP) is 23.1. The van der Waals surface area contributed by atoms with Crippen LogP contribution in [-0.4, -0.2) is 96.7 Å². The van der Waals surface area contributed by atoms with Gasteiger partial charge in [-0.1, -0.05) is 356 Å². The molecule has 0 radical (unpaired) electrons. The summed E-state index contributed by atoms with van der Waals surface area (Å²) in [6.45, 7) is 9.62. The Balaban J connectivity index is 5.18. The molecule has 0 aromatic rings. The van der Waals surface area contributed by atoms with E-state index in [1.807, 2.05) is 0 Å². The van der Waals surface area contributed by atoms with E-state index < -0.39 is 97.5 Å². The summed E-state index contributed by atoms with van der Waals surface area (Å²) < 4.78 is 68.5. The molecule has 3 N–H and O–H groups in total. The van der Waals surface area contributed by atoms with Crippen LogP contribution >= 0.6 is 15.6 Å². The molecular formula is C78H152O17P2. The number of carbonyl (C=O) groups excluding carboxylic acids is 4. The standard InChI is InChI=1S/C78H152O17P2/c1-7-11-13-15-17-18-19-20-21-22-23-24-25-26-31-34-37-44-50-56-62-77(82)94-74(67-89-76(81)61-55-49-43-36-33-30-28-27-29-32-35-41-46-52-58-70(5)9-3)69-93-97(86,87)91-65-72(79)64-90-96(84,85)92-68-73(66-88-75(80)60-54-48-40-16-14-12-8-2)95-78(83)63-57-51-45-39-38-42-47-53-59-71(6)10-4/h70-74,79H,7-69H2,1-6H3,(H,84,85)(H,86,87)/t70?,71?,72-,73+,74+/m0/s1. The summed E-state index contributed by atoms with van der Waals surface area (Å²) in [6.07, 6.45) is 58.4. The summed E-state index contributed by atoms with van der Waals surface area (Å²) in [5.41, 5.74) is 0. The Kier molecular flexibility index (Phi) is 68.4. The smallest absolute Gasteiger partial charge is 0.462 e. The quantitative estimate of drug-likeness (QED) is 0.0222. The van der Waals surface area contributed by atoms with Crippen LogP contribution in [0, 0.1) is 11.8 Å². The second kappa shape index (κ2) is 69.8. The average molecular weight is 1420 g/mol. The first-order chi connectivity index (χ1) is 46.9. The molecule has 0 heterocycles. The van der Waals surface area contributed by atoms with Gasteiger partial charge in [-0.2, -0.15) is 0 Å². The number of phosphoric ester groups is 2. The number of hydrogen-bond acceptors (Lipinski definition) is 15. The third-order valence-electron chi connectivity index (χ3n) is 18.9. The van der Waals surface area contributed by atoms with Gasteiger partial charge >= 0.3 is 39.5 Å². The zero-order valence-corrected chi connectivity index (χ0v) is 65.2. The van der Waals surface area contributed by atoms with E-state index in [4.69, 9.17) is 37.0 Å². The topological polar surface area (TPSA) is 237 Å². The highest BCUT2D eigenvalue weighted by Crippen LogP contribution is 2.45. The van der Waals surface area contributed by atoms with E-state index in [0.717, 1.165) is 115 Å². The summed E-state index contributed by atoms with van der Waals surface area (Å²) in [6, 6.07) is 0. The molecule has 0 aliphatic carbocycles. The molecule has 0 saturated carbocycles. The van der Waals surface area contributed by atoms with Gasteiger partial charge in [-0.25, -0.2) is 9.13 Å². The number of rotatable bonds is 77. The molecule has 0 fully saturated rings. The minimum absolute atomic E-state index is 0.105. The number of aliphatic hydroxyl groups excluding tert-OH is 1. The molecule has 7 atom stereocenters. The molecule has 0 saturated heterocycles. The van der Waals surface area contributed by atoms with Crippen molar-refractivity contribution < 1.29 is 80.2 Å². The van der Waals surface area contributed by atoms with Gasteiger partial charge in [0.15, 0.2) is 12.2 Å². The van der Waals surface area contributed by atoms with Crippen LogP contribution in [0.25, 0.3) is 0 Å². The van der Waals surface area contributed by atoms with Gasteiger partial charge in [0.2, 0.25) is 0 Å². The maximum absolute atomic E-state index is 13.1. The van der Waals surface area contributed by atoms with Gasteiger partial charge in [-0.3, -0.25) is 37.3 Å². The Morgan fingerprint density at radius 3 is 0.732 bits per heavy atom. The Bertz CT molecular complexity index is 1880. The lowest BCUT2D eigenvalue weighted by molar-refractivity contribution is -0.161. The normalized spacial score (nSPS) is 14.5. The largest absolute Gasteiger partial charge is 0.472 e. The summed E-state index contributed by atoms with van der Waals surface area (Å²) in [4.78, 5) is 72.7. The first kappa shape index (κ1) is 95.1. The van der Waals surface area contributed by atoms with E-state index in [9.17, 15) is 43.2 Å². The lowest BCUT2D eigenvalue weighted by atomic mass is 9.99. The van der Waals surface area contributed by atoms with Gasteiger partial charge in [-0.05, 0) is 37.5 Å². The number of hydrogen-bond donors (Lipinski definition) is 3. The van der Waals surface area contributed by atoms with Crippen molar-refractivity contribution in [1.29, 1.82) is 0 Å². The van der Waals surface area contributed by atoms with E-state index in [-0.39, 0.29) is 25.7 Å². The average Bonchev–Trinajstić information content (AvgIpc) is 1.95. The highest BCUT2D eigenvalue weighted by Gasteiger charge is 2.30. The van der Waals surface area contributed by atoms with Crippen LogP contribution in [0.5, 0.6) is 0 Å². The van der Waals surface area contributed by atoms with Crippen molar-refractivity contribution in [3.8, 4) is 0 Å². The Hall–Kier alpha value is -1.94. The fraction of sp³-hybridized carbons (Fsp3) is 0.949. The monoisotopic (exact) mass is 1420 g/mol. The Labute approximate surface area is 594 Å². The molecule has 0 spiro atoms. The third-order valence-corrected chi connectivity index (χ3v) is 20.8. The fourth-order valence-electron chi connectivity index (χ4n) is 11.9. The van der Waals surface area contributed by atoms with Crippen molar-refractivity contribution in [2.24, 2.45) is 11.8 Å². The second-order valence-electron chi connectivity index (χ2n) is 28.6. The minimum atomic E-state index is -4.96. The zero-order chi connectivity index (χ0) is 71.4. The lowest BCUT2D eigenvalue weighted by Gasteiger charge is -2.21. The van der Waals surface area contributed by atoms with Crippen molar-refractivity contribution in [2.45, 2.75) is 426 Å². The maximum atomic E-state index is 13.1. The number of ether oxygens (including phenoxy) is 4. The molecule has 0 aliphatic rings. The Morgan fingerprint density at radius 2 is 0.495 bits per heavy atom. The van der Waals surface area contributed by atoms with Gasteiger partial charge in [0.05, 0.1) is 26.4 Å². The van der Waals surface area contributed by atoms with E-state index in [0.29, 0.717) is 25.7 Å². The van der Waals surface area contributed by atoms with E-state index in [2.05, 4.69) is 41.5 Å². The van der Waals surface area contributed by atoms with Crippen LogP contribution in [0.1, 0.15) is 408 Å². The van der Waals surface area contributed by atoms with Crippen molar-refractivity contribution in [3.63, 3.8) is 0 Å². The van der Waals surface area contributed by atoms with Gasteiger partial charge in [0.25, 0.3) is 0 Å². The molecule has 0 amide bonds. The number of unbranched alkanes of at least 4 members (excludes halogenated alkanes) is 45. The number of carbonyl (C=O) groups is 4. The number of phosphoric acid groups is 2. The van der Waals surface area contributed by atoms with Crippen molar-refractivity contribution >= 4 is 39.5 Å². The molecule has 97 heavy (non-hydrogen) atoms. The zero-order valence-electron chi connectivity index (χ0n) is 63.4. The van der Waals surface area contributed by atoms with Gasteiger partial charge in [-0.15, -0.1) is 0 Å². The molecule has 0 aliphatic heterocycles. The number of esters is 4. The summed E-state index contributed by atoms with van der Waals surface area (Å²) in [5.74, 6) is -0.500. The van der Waals surface area contributed by atoms with Crippen LogP contribution in [0.15, 0.2) is 0 Å². The van der Waals surface area contributed by atoms with Gasteiger partial charge in [0.1, 0.15) is 19.3 Å². The third kappa shape index (κ3) is 69.5. The molecule has 17 nitrogen and oxygen atoms in total. The predicted molar refractivity (Wildman–Crippen MR) is 395 cm³/mol. The second-order valence-corrected chi connectivity index (χ2v) is 31.5. The van der Waals surface area contributed by atoms with Crippen LogP contribution < -0.4 is 0 Å². The molecule has 0 rings (SSSR count). The van der Waals surface area contributed by atoms with Crippen LogP contribution in [0.2, 0.25) is 0 Å². The molecule has 576 valence electrons. The highest BCUT2D eigenvalue weighted by molar-refractivity contribution is 7.47. The van der Waals surface area contributed by atoms with E-state index in [1.165, 1.54) is 212 Å². The van der Waals surface area contributed by atoms with Crippen LogP contribution in [0.4, 0.5) is 0 Å².